The predicted octanol–water partition coefficient (Wildman–Crippen LogP) is 3.44. The second-order valence-electron chi connectivity index (χ2n) is 5.50. The number of phenols is 1. The van der Waals surface area contributed by atoms with Crippen LogP contribution >= 0.6 is 0 Å². The molecule has 0 spiro atoms. The van der Waals surface area contributed by atoms with E-state index in [-0.39, 0.29) is 5.75 Å². The van der Waals surface area contributed by atoms with E-state index in [1.165, 1.54) is 7.11 Å². The molecule has 0 atom stereocenters. The predicted molar refractivity (Wildman–Crippen MR) is 91.6 cm³/mol. The number of rotatable bonds is 3. The molecule has 0 amide bonds. The molecule has 0 bridgehead atoms. The molecule has 2 heterocycles. The first kappa shape index (κ1) is 14.3. The molecule has 4 aromatic rings. The number of H-pyrrole nitrogens is 1. The van der Waals surface area contributed by atoms with E-state index in [2.05, 4.69) is 10.1 Å². The molecule has 4 rings (SSSR count). The van der Waals surface area contributed by atoms with Crippen LogP contribution in [0.25, 0.3) is 28.2 Å². The van der Waals surface area contributed by atoms with Crippen LogP contribution in [0.1, 0.15) is 5.69 Å². The number of ether oxygens (including phenoxy) is 1. The molecular formula is C18H16N4O2. The van der Waals surface area contributed by atoms with Gasteiger partial charge in [0.2, 0.25) is 0 Å². The Labute approximate surface area is 138 Å². The summed E-state index contributed by atoms with van der Waals surface area (Å²) in [6, 6.07) is 15.0. The average molecular weight is 320 g/mol. The monoisotopic (exact) mass is 320 g/mol. The molecule has 0 unspecified atom stereocenters. The fourth-order valence-electron chi connectivity index (χ4n) is 2.73. The Morgan fingerprint density at radius 2 is 1.92 bits per heavy atom. The molecular weight excluding hydrogens is 304 g/mol. The number of aromatic nitrogens is 4. The highest BCUT2D eigenvalue weighted by Gasteiger charge is 2.16. The summed E-state index contributed by atoms with van der Waals surface area (Å²) in [7, 11) is 1.52. The number of phenolic OH excluding ortho intramolecular Hbond substituents is 1. The number of fused-ring (bicyclic) bond motifs is 1. The average Bonchev–Trinajstić information content (AvgIpc) is 3.17. The first-order chi connectivity index (χ1) is 11.7. The standard InChI is InChI=1S/C18H16N4O2/c1-11-16-18(22(21-11)13-6-4-3-5-7-13)20-17(19-16)12-8-9-14(23)15(10-12)24-2/h3-10,23H,1-2H3,(H,19,20). The van der Waals surface area contributed by atoms with Crippen molar-refractivity contribution >= 4 is 11.2 Å². The number of para-hydroxylation sites is 1. The smallest absolute Gasteiger partial charge is 0.181 e. The van der Waals surface area contributed by atoms with Crippen molar-refractivity contribution in [1.82, 2.24) is 19.7 Å². The number of benzene rings is 2. The number of aromatic amines is 1. The molecule has 0 fully saturated rings. The van der Waals surface area contributed by atoms with Gasteiger partial charge in [0.15, 0.2) is 17.1 Å². The van der Waals surface area contributed by atoms with E-state index in [4.69, 9.17) is 9.72 Å². The summed E-state index contributed by atoms with van der Waals surface area (Å²) in [6.45, 7) is 1.95. The largest absolute Gasteiger partial charge is 0.504 e. The van der Waals surface area contributed by atoms with Crippen molar-refractivity contribution < 1.29 is 9.84 Å². The van der Waals surface area contributed by atoms with Gasteiger partial charge < -0.3 is 14.8 Å². The minimum absolute atomic E-state index is 0.101. The summed E-state index contributed by atoms with van der Waals surface area (Å²) in [5.74, 6) is 1.21. The lowest BCUT2D eigenvalue weighted by Gasteiger charge is -2.05. The van der Waals surface area contributed by atoms with Gasteiger partial charge in [-0.25, -0.2) is 9.67 Å². The van der Waals surface area contributed by atoms with E-state index < -0.39 is 0 Å². The molecule has 6 nitrogen and oxygen atoms in total. The van der Waals surface area contributed by atoms with Gasteiger partial charge in [0, 0.05) is 5.56 Å². The van der Waals surface area contributed by atoms with Crippen molar-refractivity contribution in [3.05, 3.63) is 54.2 Å². The maximum Gasteiger partial charge on any atom is 0.181 e. The van der Waals surface area contributed by atoms with E-state index in [1.54, 1.807) is 18.2 Å². The lowest BCUT2D eigenvalue weighted by atomic mass is 10.2. The van der Waals surface area contributed by atoms with Crippen LogP contribution in [0.4, 0.5) is 0 Å². The van der Waals surface area contributed by atoms with E-state index in [9.17, 15) is 5.11 Å². The van der Waals surface area contributed by atoms with Crippen molar-refractivity contribution in [3.8, 4) is 28.6 Å². The third kappa shape index (κ3) is 2.20. The fourth-order valence-corrected chi connectivity index (χ4v) is 2.73. The maximum absolute atomic E-state index is 9.75. The maximum atomic E-state index is 9.75. The van der Waals surface area contributed by atoms with Crippen LogP contribution in [-0.2, 0) is 0 Å². The van der Waals surface area contributed by atoms with E-state index in [0.717, 1.165) is 28.1 Å². The highest BCUT2D eigenvalue weighted by molar-refractivity contribution is 5.80. The minimum atomic E-state index is 0.101. The zero-order chi connectivity index (χ0) is 16.7. The number of imidazole rings is 1. The van der Waals surface area contributed by atoms with Gasteiger partial charge in [-0.05, 0) is 37.3 Å². The van der Waals surface area contributed by atoms with Gasteiger partial charge in [-0.2, -0.15) is 5.10 Å². The van der Waals surface area contributed by atoms with Crippen molar-refractivity contribution in [2.45, 2.75) is 6.92 Å². The first-order valence-electron chi connectivity index (χ1n) is 7.55. The molecule has 0 radical (unpaired) electrons. The third-order valence-corrected chi connectivity index (χ3v) is 3.95. The number of hydrogen-bond acceptors (Lipinski definition) is 4. The first-order valence-corrected chi connectivity index (χ1v) is 7.55. The molecule has 120 valence electrons. The molecule has 6 heteroatoms. The topological polar surface area (TPSA) is 76.0 Å². The molecule has 2 aromatic heterocycles. The van der Waals surface area contributed by atoms with Crippen LogP contribution in [0, 0.1) is 6.92 Å². The molecule has 2 N–H and O–H groups in total. The lowest BCUT2D eigenvalue weighted by molar-refractivity contribution is 0.373. The molecule has 2 aromatic carbocycles. The van der Waals surface area contributed by atoms with Crippen molar-refractivity contribution in [2.75, 3.05) is 7.11 Å². The molecule has 24 heavy (non-hydrogen) atoms. The Hall–Kier alpha value is -3.28. The Morgan fingerprint density at radius 3 is 2.67 bits per heavy atom. The SMILES string of the molecule is COc1cc(-c2nc3c([nH]2)c(C)nn3-c2ccccc2)ccc1O. The summed E-state index contributed by atoms with van der Waals surface area (Å²) in [4.78, 5) is 8.00. The van der Waals surface area contributed by atoms with Gasteiger partial charge in [-0.1, -0.05) is 18.2 Å². The van der Waals surface area contributed by atoms with Crippen LogP contribution in [0.5, 0.6) is 11.5 Å². The van der Waals surface area contributed by atoms with Crippen molar-refractivity contribution in [2.24, 2.45) is 0 Å². The van der Waals surface area contributed by atoms with Gasteiger partial charge in [-0.3, -0.25) is 0 Å². The summed E-state index contributed by atoms with van der Waals surface area (Å²) in [5.41, 5.74) is 4.32. The Morgan fingerprint density at radius 1 is 1.12 bits per heavy atom. The highest BCUT2D eigenvalue weighted by atomic mass is 16.5. The van der Waals surface area contributed by atoms with Crippen molar-refractivity contribution in [3.63, 3.8) is 0 Å². The van der Waals surface area contributed by atoms with Gasteiger partial charge in [0.1, 0.15) is 11.3 Å². The Kier molecular flexibility index (Phi) is 3.23. The number of aryl methyl sites for hydroxylation is 1. The highest BCUT2D eigenvalue weighted by Crippen LogP contribution is 2.31. The van der Waals surface area contributed by atoms with E-state index >= 15 is 0 Å². The van der Waals surface area contributed by atoms with Gasteiger partial charge in [0.25, 0.3) is 0 Å². The molecule has 0 aliphatic rings. The van der Waals surface area contributed by atoms with Crippen molar-refractivity contribution in [1.29, 1.82) is 0 Å². The van der Waals surface area contributed by atoms with Crippen LogP contribution in [0.3, 0.4) is 0 Å². The minimum Gasteiger partial charge on any atom is -0.504 e. The van der Waals surface area contributed by atoms with Gasteiger partial charge >= 0.3 is 0 Å². The zero-order valence-corrected chi connectivity index (χ0v) is 13.3. The number of nitrogens with zero attached hydrogens (tertiary/aromatic N) is 3. The molecule has 0 saturated heterocycles. The van der Waals surface area contributed by atoms with Crippen LogP contribution in [0.15, 0.2) is 48.5 Å². The summed E-state index contributed by atoms with van der Waals surface area (Å²) in [6.07, 6.45) is 0. The quantitative estimate of drug-likeness (QED) is 0.606. The van der Waals surface area contributed by atoms with E-state index in [0.29, 0.717) is 11.6 Å². The lowest BCUT2D eigenvalue weighted by Crippen LogP contribution is -1.97. The third-order valence-electron chi connectivity index (χ3n) is 3.95. The summed E-state index contributed by atoms with van der Waals surface area (Å²) < 4.78 is 6.99. The molecule has 0 saturated carbocycles. The Bertz CT molecular complexity index is 1020. The number of hydrogen-bond donors (Lipinski definition) is 2. The number of aromatic hydroxyl groups is 1. The second-order valence-corrected chi connectivity index (χ2v) is 5.50. The summed E-state index contributed by atoms with van der Waals surface area (Å²) in [5, 5.41) is 14.3. The number of nitrogens with one attached hydrogen (secondary N) is 1. The molecule has 0 aliphatic heterocycles. The molecule has 0 aliphatic carbocycles. The zero-order valence-electron chi connectivity index (χ0n) is 13.3. The normalized spacial score (nSPS) is 11.1. The van der Waals surface area contributed by atoms with Crippen LogP contribution in [-0.4, -0.2) is 32.0 Å². The van der Waals surface area contributed by atoms with Crippen LogP contribution in [0.2, 0.25) is 0 Å². The van der Waals surface area contributed by atoms with E-state index in [1.807, 2.05) is 41.9 Å². The summed E-state index contributed by atoms with van der Waals surface area (Å²) >= 11 is 0. The fraction of sp³-hybridized carbons (Fsp3) is 0.111. The number of methoxy groups -OCH3 is 1. The van der Waals surface area contributed by atoms with Gasteiger partial charge in [0.05, 0.1) is 18.5 Å². The second kappa shape index (κ2) is 5.42. The Balaban J connectivity index is 1.88. The van der Waals surface area contributed by atoms with Gasteiger partial charge in [-0.15, -0.1) is 0 Å². The van der Waals surface area contributed by atoms with Crippen LogP contribution < -0.4 is 4.74 Å².